The SMILES string of the molecule is COC(COCCOCCOCCOCCOCCOCCOCCOCCc1cc(Cl)cc(NC(=O)NCc2ccc3c(c2)CN(C2CCC(=O)NC2=O)C3=O)c1)OC. The van der Waals surface area contributed by atoms with Crippen LogP contribution in [0.5, 0.6) is 0 Å². The van der Waals surface area contributed by atoms with E-state index >= 15 is 0 Å². The first-order valence-electron chi connectivity index (χ1n) is 20.1. The zero-order chi connectivity index (χ0) is 42.8. The Hall–Kier alpha value is -3.79. The number of methoxy groups -OCH3 is 2. The number of piperidine rings is 1. The van der Waals surface area contributed by atoms with Crippen molar-refractivity contribution in [3.05, 3.63) is 63.7 Å². The Morgan fingerprint density at radius 3 is 1.83 bits per heavy atom. The molecular formula is C41H59ClN4O14. The van der Waals surface area contributed by atoms with Crippen LogP contribution in [0.25, 0.3) is 0 Å². The molecule has 0 saturated carbocycles. The zero-order valence-electron chi connectivity index (χ0n) is 34.5. The number of fused-ring (bicyclic) bond motifs is 1. The molecule has 18 nitrogen and oxygen atoms in total. The molecule has 1 saturated heterocycles. The van der Waals surface area contributed by atoms with Crippen molar-refractivity contribution in [2.24, 2.45) is 0 Å². The highest BCUT2D eigenvalue weighted by molar-refractivity contribution is 6.31. The molecule has 2 aromatic carbocycles. The molecule has 4 rings (SSSR count). The molecule has 3 N–H and O–H groups in total. The van der Waals surface area contributed by atoms with E-state index in [2.05, 4.69) is 16.0 Å². The maximum atomic E-state index is 13.0. The van der Waals surface area contributed by atoms with Gasteiger partial charge in [-0.1, -0.05) is 23.7 Å². The van der Waals surface area contributed by atoms with E-state index in [9.17, 15) is 19.2 Å². The smallest absolute Gasteiger partial charge is 0.319 e. The monoisotopic (exact) mass is 866 g/mol. The molecule has 0 bridgehead atoms. The molecule has 1 unspecified atom stereocenters. The summed E-state index contributed by atoms with van der Waals surface area (Å²) in [5.41, 5.74) is 3.50. The molecule has 1 atom stereocenters. The number of hydrogen-bond donors (Lipinski definition) is 3. The molecule has 2 aliphatic rings. The number of rotatable bonds is 32. The topological polar surface area (TPSA) is 200 Å². The first-order valence-corrected chi connectivity index (χ1v) is 20.4. The van der Waals surface area contributed by atoms with Crippen LogP contribution >= 0.6 is 11.6 Å². The number of nitrogens with zero attached hydrogens (tertiary/aromatic N) is 1. The minimum absolute atomic E-state index is 0.191. The minimum Gasteiger partial charge on any atom is -0.379 e. The molecule has 0 aromatic heterocycles. The summed E-state index contributed by atoms with van der Waals surface area (Å²) in [4.78, 5) is 51.0. The lowest BCUT2D eigenvalue weighted by Crippen LogP contribution is -2.52. The summed E-state index contributed by atoms with van der Waals surface area (Å²) < 4.78 is 54.1. The van der Waals surface area contributed by atoms with Crippen LogP contribution in [0.3, 0.4) is 0 Å². The lowest BCUT2D eigenvalue weighted by Gasteiger charge is -2.29. The number of benzene rings is 2. The quantitative estimate of drug-likeness (QED) is 0.0551. The second kappa shape index (κ2) is 28.7. The summed E-state index contributed by atoms with van der Waals surface area (Å²) in [7, 11) is 3.12. The van der Waals surface area contributed by atoms with Gasteiger partial charge in [0, 0.05) is 50.0 Å². The third-order valence-corrected chi connectivity index (χ3v) is 9.39. The van der Waals surface area contributed by atoms with E-state index < -0.39 is 18.0 Å². The fraction of sp³-hybridized carbons (Fsp3) is 0.610. The highest BCUT2D eigenvalue weighted by Crippen LogP contribution is 2.28. The summed E-state index contributed by atoms with van der Waals surface area (Å²) in [6.45, 7) is 7.70. The first-order chi connectivity index (χ1) is 29.3. The van der Waals surface area contributed by atoms with Crippen molar-refractivity contribution in [2.45, 2.75) is 44.7 Å². The molecular weight excluding hydrogens is 808 g/mol. The van der Waals surface area contributed by atoms with E-state index in [1.54, 1.807) is 32.4 Å². The number of amides is 5. The van der Waals surface area contributed by atoms with E-state index in [4.69, 9.17) is 59.0 Å². The van der Waals surface area contributed by atoms with Gasteiger partial charge in [-0.25, -0.2) is 4.79 Å². The Kier molecular flexibility index (Phi) is 23.4. The highest BCUT2D eigenvalue weighted by Gasteiger charge is 2.39. The van der Waals surface area contributed by atoms with Crippen LogP contribution < -0.4 is 16.0 Å². The second-order valence-corrected chi connectivity index (χ2v) is 14.0. The molecule has 1 fully saturated rings. The van der Waals surface area contributed by atoms with Gasteiger partial charge in [0.15, 0.2) is 6.29 Å². The number of halogens is 1. The van der Waals surface area contributed by atoms with Gasteiger partial charge >= 0.3 is 6.03 Å². The standard InChI is InChI=1S/C41H59ClN4O14/c1-51-38(52-2)29-60-22-21-59-20-19-58-18-17-57-16-15-56-14-13-55-12-11-54-10-9-53-8-7-30-24-33(42)26-34(25-30)44-41(50)43-27-31-3-4-35-32(23-31)28-46(40(35)49)36-5-6-37(47)45-39(36)48/h3-4,23-26,36,38H,5-22,27-29H2,1-2H3,(H2,43,44,50)(H,45,47,48). The number of ether oxygens (including phenoxy) is 10. The molecule has 334 valence electrons. The first kappa shape index (κ1) is 48.9. The van der Waals surface area contributed by atoms with Crippen LogP contribution in [0.2, 0.25) is 5.02 Å². The Balaban J connectivity index is 0.936. The zero-order valence-corrected chi connectivity index (χ0v) is 35.3. The van der Waals surface area contributed by atoms with Crippen molar-refractivity contribution in [3.8, 4) is 0 Å². The average molecular weight is 867 g/mol. The fourth-order valence-electron chi connectivity index (χ4n) is 6.10. The van der Waals surface area contributed by atoms with Crippen LogP contribution in [0.15, 0.2) is 36.4 Å². The van der Waals surface area contributed by atoms with Crippen molar-refractivity contribution in [2.75, 3.05) is 125 Å². The normalized spacial score (nSPS) is 15.2. The van der Waals surface area contributed by atoms with Crippen LogP contribution in [-0.4, -0.2) is 161 Å². The molecule has 0 spiro atoms. The summed E-state index contributed by atoms with van der Waals surface area (Å²) >= 11 is 6.33. The molecule has 2 aromatic rings. The van der Waals surface area contributed by atoms with Gasteiger partial charge < -0.3 is 62.9 Å². The predicted molar refractivity (Wildman–Crippen MR) is 218 cm³/mol. The second-order valence-electron chi connectivity index (χ2n) is 13.6. The van der Waals surface area contributed by atoms with Crippen LogP contribution in [0.4, 0.5) is 10.5 Å². The number of urea groups is 1. The molecule has 19 heteroatoms. The van der Waals surface area contributed by atoms with E-state index in [1.807, 2.05) is 18.2 Å². The Bertz CT molecular complexity index is 1620. The lowest BCUT2D eigenvalue weighted by atomic mass is 10.0. The molecule has 2 aliphatic heterocycles. The maximum absolute atomic E-state index is 13.0. The van der Waals surface area contributed by atoms with E-state index in [0.29, 0.717) is 135 Å². The number of carbonyl (C=O) groups excluding carboxylic acids is 4. The van der Waals surface area contributed by atoms with Gasteiger partial charge in [-0.15, -0.1) is 0 Å². The van der Waals surface area contributed by atoms with Crippen molar-refractivity contribution >= 4 is 41.0 Å². The van der Waals surface area contributed by atoms with Crippen molar-refractivity contribution in [1.82, 2.24) is 15.5 Å². The largest absolute Gasteiger partial charge is 0.379 e. The van der Waals surface area contributed by atoms with Crippen LogP contribution in [-0.2, 0) is 76.5 Å². The number of hydrogen-bond acceptors (Lipinski definition) is 14. The number of nitrogens with one attached hydrogen (secondary N) is 3. The third-order valence-electron chi connectivity index (χ3n) is 9.18. The Morgan fingerprint density at radius 2 is 1.28 bits per heavy atom. The third kappa shape index (κ3) is 18.4. The van der Waals surface area contributed by atoms with E-state index in [-0.39, 0.29) is 37.6 Å². The van der Waals surface area contributed by atoms with Gasteiger partial charge in [-0.05, 0) is 53.8 Å². The average Bonchev–Trinajstić information content (AvgIpc) is 3.55. The van der Waals surface area contributed by atoms with E-state index in [1.165, 1.54) is 4.90 Å². The van der Waals surface area contributed by atoms with Crippen molar-refractivity contribution in [1.29, 1.82) is 0 Å². The lowest BCUT2D eigenvalue weighted by molar-refractivity contribution is -0.143. The molecule has 0 aliphatic carbocycles. The number of carbonyl (C=O) groups is 4. The summed E-state index contributed by atoms with van der Waals surface area (Å²) in [6.07, 6.45) is 0.702. The molecule has 0 radical (unpaired) electrons. The van der Waals surface area contributed by atoms with Gasteiger partial charge in [-0.2, -0.15) is 0 Å². The van der Waals surface area contributed by atoms with Crippen molar-refractivity contribution < 1.29 is 66.5 Å². The van der Waals surface area contributed by atoms with Crippen LogP contribution in [0.1, 0.15) is 39.9 Å². The molecule has 60 heavy (non-hydrogen) atoms. The minimum atomic E-state index is -0.684. The summed E-state index contributed by atoms with van der Waals surface area (Å²) in [6, 6.07) is 9.52. The summed E-state index contributed by atoms with van der Waals surface area (Å²) in [5.74, 6) is -1.04. The number of imide groups is 1. The van der Waals surface area contributed by atoms with Gasteiger partial charge in [0.2, 0.25) is 11.8 Å². The molecule has 5 amide bonds. The van der Waals surface area contributed by atoms with Gasteiger partial charge in [0.05, 0.1) is 106 Å². The van der Waals surface area contributed by atoms with Gasteiger partial charge in [0.25, 0.3) is 5.91 Å². The summed E-state index contributed by atoms with van der Waals surface area (Å²) in [5, 5.41) is 8.42. The molecule has 2 heterocycles. The Morgan fingerprint density at radius 1 is 0.733 bits per heavy atom. The van der Waals surface area contributed by atoms with Crippen LogP contribution in [0, 0.1) is 0 Å². The fourth-order valence-corrected chi connectivity index (χ4v) is 6.36. The van der Waals surface area contributed by atoms with Gasteiger partial charge in [0.1, 0.15) is 6.04 Å². The Labute approximate surface area is 356 Å². The van der Waals surface area contributed by atoms with Crippen molar-refractivity contribution in [3.63, 3.8) is 0 Å². The van der Waals surface area contributed by atoms with Gasteiger partial charge in [-0.3, -0.25) is 19.7 Å². The van der Waals surface area contributed by atoms with E-state index in [0.717, 1.165) is 16.7 Å². The maximum Gasteiger partial charge on any atom is 0.319 e. The highest BCUT2D eigenvalue weighted by atomic mass is 35.5. The number of anilines is 1. The predicted octanol–water partition coefficient (Wildman–Crippen LogP) is 2.72.